The van der Waals surface area contributed by atoms with Gasteiger partial charge in [-0.3, -0.25) is 0 Å². The number of hydrogen-bond donors (Lipinski definition) is 1. The second-order valence-electron chi connectivity index (χ2n) is 4.02. The Labute approximate surface area is 110 Å². The number of benzene rings is 1. The molecule has 4 heteroatoms. The Morgan fingerprint density at radius 2 is 2.22 bits per heavy atom. The average molecular weight is 265 g/mol. The summed E-state index contributed by atoms with van der Waals surface area (Å²) < 4.78 is 18.6. The van der Waals surface area contributed by atoms with Gasteiger partial charge in [-0.05, 0) is 42.1 Å². The van der Waals surface area contributed by atoms with Crippen LogP contribution in [0.4, 0.5) is 4.39 Å². The van der Waals surface area contributed by atoms with Crippen molar-refractivity contribution in [2.45, 2.75) is 13.5 Å². The molecule has 0 saturated carbocycles. The van der Waals surface area contributed by atoms with E-state index in [2.05, 4.69) is 16.8 Å². The first-order chi connectivity index (χ1) is 8.75. The van der Waals surface area contributed by atoms with Crippen molar-refractivity contribution >= 4 is 11.3 Å². The highest BCUT2D eigenvalue weighted by Gasteiger charge is 1.99. The smallest absolute Gasteiger partial charge is 0.126 e. The first-order valence-electron chi connectivity index (χ1n) is 5.88. The summed E-state index contributed by atoms with van der Waals surface area (Å²) in [6, 6.07) is 8.95. The lowest BCUT2D eigenvalue weighted by Crippen LogP contribution is -2.20. The van der Waals surface area contributed by atoms with E-state index in [1.54, 1.807) is 30.4 Å². The maximum absolute atomic E-state index is 13.0. The minimum absolute atomic E-state index is 0.196. The van der Waals surface area contributed by atoms with E-state index in [1.807, 2.05) is 6.07 Å². The van der Waals surface area contributed by atoms with Crippen LogP contribution in [0.25, 0.3) is 0 Å². The third kappa shape index (κ3) is 3.82. The van der Waals surface area contributed by atoms with Crippen molar-refractivity contribution in [3.05, 3.63) is 52.0 Å². The van der Waals surface area contributed by atoms with Crippen molar-refractivity contribution in [2.75, 3.05) is 13.2 Å². The van der Waals surface area contributed by atoms with E-state index in [-0.39, 0.29) is 5.82 Å². The van der Waals surface area contributed by atoms with Crippen LogP contribution in [-0.4, -0.2) is 13.2 Å². The Morgan fingerprint density at radius 1 is 1.33 bits per heavy atom. The quantitative estimate of drug-likeness (QED) is 0.809. The first-order valence-corrected chi connectivity index (χ1v) is 6.76. The number of ether oxygens (including phenoxy) is 1. The minimum atomic E-state index is -0.196. The zero-order valence-electron chi connectivity index (χ0n) is 10.3. The van der Waals surface area contributed by atoms with E-state index in [4.69, 9.17) is 4.74 Å². The van der Waals surface area contributed by atoms with Gasteiger partial charge in [0.1, 0.15) is 18.2 Å². The van der Waals surface area contributed by atoms with Gasteiger partial charge in [0, 0.05) is 18.0 Å². The van der Waals surface area contributed by atoms with Crippen molar-refractivity contribution < 1.29 is 9.13 Å². The molecule has 96 valence electrons. The topological polar surface area (TPSA) is 21.3 Å². The van der Waals surface area contributed by atoms with Gasteiger partial charge in [-0.2, -0.15) is 0 Å². The maximum Gasteiger partial charge on any atom is 0.126 e. The van der Waals surface area contributed by atoms with Crippen molar-refractivity contribution in [3.8, 4) is 5.75 Å². The number of hydrogen-bond acceptors (Lipinski definition) is 3. The largest absolute Gasteiger partial charge is 0.492 e. The van der Waals surface area contributed by atoms with Gasteiger partial charge in [-0.15, -0.1) is 11.3 Å². The lowest BCUT2D eigenvalue weighted by molar-refractivity contribution is 0.313. The predicted molar refractivity (Wildman–Crippen MR) is 72.7 cm³/mol. The summed E-state index contributed by atoms with van der Waals surface area (Å²) in [6.45, 7) is 3.95. The predicted octanol–water partition coefficient (Wildman–Crippen LogP) is 3.36. The van der Waals surface area contributed by atoms with E-state index in [9.17, 15) is 4.39 Å². The molecule has 2 aromatic rings. The van der Waals surface area contributed by atoms with Crippen LogP contribution in [0.3, 0.4) is 0 Å². The highest BCUT2D eigenvalue weighted by atomic mass is 32.1. The van der Waals surface area contributed by atoms with E-state index in [0.29, 0.717) is 17.9 Å². The first kappa shape index (κ1) is 13.1. The Hall–Kier alpha value is -1.39. The Morgan fingerprint density at radius 3 is 2.94 bits per heavy atom. The molecule has 1 aromatic carbocycles. The van der Waals surface area contributed by atoms with Gasteiger partial charge in [-0.25, -0.2) is 4.39 Å². The molecule has 0 aliphatic heterocycles. The molecule has 2 rings (SSSR count). The number of thiophene rings is 1. The molecule has 0 radical (unpaired) electrons. The number of aryl methyl sites for hydroxylation is 1. The molecule has 1 heterocycles. The van der Waals surface area contributed by atoms with Crippen LogP contribution in [0.1, 0.15) is 10.4 Å². The Bertz CT molecular complexity index is 485. The van der Waals surface area contributed by atoms with E-state index in [0.717, 1.165) is 13.1 Å². The second-order valence-corrected chi connectivity index (χ2v) is 5.05. The Kier molecular flexibility index (Phi) is 4.73. The van der Waals surface area contributed by atoms with E-state index >= 15 is 0 Å². The van der Waals surface area contributed by atoms with E-state index < -0.39 is 0 Å². The van der Waals surface area contributed by atoms with Crippen molar-refractivity contribution in [3.63, 3.8) is 0 Å². The van der Waals surface area contributed by atoms with Gasteiger partial charge in [0.05, 0.1) is 0 Å². The minimum Gasteiger partial charge on any atom is -0.492 e. The summed E-state index contributed by atoms with van der Waals surface area (Å²) in [6.07, 6.45) is 0. The molecule has 0 spiro atoms. The summed E-state index contributed by atoms with van der Waals surface area (Å²) in [4.78, 5) is 1.31. The van der Waals surface area contributed by atoms with Crippen molar-refractivity contribution in [1.82, 2.24) is 5.32 Å². The van der Waals surface area contributed by atoms with Gasteiger partial charge in [0.15, 0.2) is 0 Å². The van der Waals surface area contributed by atoms with Crippen molar-refractivity contribution in [1.29, 1.82) is 0 Å². The van der Waals surface area contributed by atoms with Crippen LogP contribution in [0.5, 0.6) is 5.75 Å². The second kappa shape index (κ2) is 6.52. The average Bonchev–Trinajstić information content (AvgIpc) is 2.86. The van der Waals surface area contributed by atoms with Crippen LogP contribution >= 0.6 is 11.3 Å². The number of rotatable bonds is 6. The van der Waals surface area contributed by atoms with Crippen molar-refractivity contribution in [2.24, 2.45) is 0 Å². The molecule has 0 unspecified atom stereocenters. The zero-order chi connectivity index (χ0) is 12.8. The molecule has 1 aromatic heterocycles. The molecule has 0 bridgehead atoms. The third-order valence-electron chi connectivity index (χ3n) is 2.56. The molecule has 2 nitrogen and oxygen atoms in total. The fourth-order valence-electron chi connectivity index (χ4n) is 1.57. The molecule has 0 fully saturated rings. The summed E-state index contributed by atoms with van der Waals surface area (Å²) in [7, 11) is 0. The fraction of sp³-hybridized carbons (Fsp3) is 0.286. The third-order valence-corrected chi connectivity index (χ3v) is 3.43. The van der Waals surface area contributed by atoms with Gasteiger partial charge < -0.3 is 10.1 Å². The number of nitrogens with one attached hydrogen (secondary N) is 1. The summed E-state index contributed by atoms with van der Waals surface area (Å²) in [5.74, 6) is 0.519. The fourth-order valence-corrected chi connectivity index (χ4v) is 2.25. The van der Waals surface area contributed by atoms with Gasteiger partial charge in [-0.1, -0.05) is 6.07 Å². The normalized spacial score (nSPS) is 10.6. The maximum atomic E-state index is 13.0. The molecule has 0 saturated heterocycles. The molecule has 1 N–H and O–H groups in total. The molecule has 18 heavy (non-hydrogen) atoms. The van der Waals surface area contributed by atoms with Gasteiger partial charge in [0.25, 0.3) is 0 Å². The summed E-state index contributed by atoms with van der Waals surface area (Å²) >= 11 is 1.74. The standard InChI is InChI=1S/C14H16FNOS/c1-11-9-12(4-5-14(11)15)17-7-6-16-10-13-3-2-8-18-13/h2-5,8-9,16H,6-7,10H2,1H3. The van der Waals surface area contributed by atoms with Crippen LogP contribution in [0.2, 0.25) is 0 Å². The lowest BCUT2D eigenvalue weighted by atomic mass is 10.2. The molecule has 0 aliphatic carbocycles. The lowest BCUT2D eigenvalue weighted by Gasteiger charge is -2.08. The zero-order valence-corrected chi connectivity index (χ0v) is 11.1. The van der Waals surface area contributed by atoms with Crippen LogP contribution in [0, 0.1) is 12.7 Å². The molecule has 0 aliphatic rings. The summed E-state index contributed by atoms with van der Waals surface area (Å²) in [5, 5.41) is 5.36. The SMILES string of the molecule is Cc1cc(OCCNCc2cccs2)ccc1F. The van der Waals surface area contributed by atoms with Gasteiger partial charge in [0.2, 0.25) is 0 Å². The number of halogens is 1. The van der Waals surface area contributed by atoms with Crippen LogP contribution in [-0.2, 0) is 6.54 Å². The molecule has 0 amide bonds. The molecular formula is C14H16FNOS. The molecular weight excluding hydrogens is 249 g/mol. The monoisotopic (exact) mass is 265 g/mol. The van der Waals surface area contributed by atoms with Crippen LogP contribution < -0.4 is 10.1 Å². The summed E-state index contributed by atoms with van der Waals surface area (Å²) in [5.41, 5.74) is 0.610. The van der Waals surface area contributed by atoms with Crippen LogP contribution in [0.15, 0.2) is 35.7 Å². The highest BCUT2D eigenvalue weighted by Crippen LogP contribution is 2.15. The van der Waals surface area contributed by atoms with Gasteiger partial charge >= 0.3 is 0 Å². The Balaban J connectivity index is 1.67. The highest BCUT2D eigenvalue weighted by molar-refractivity contribution is 7.09. The van der Waals surface area contributed by atoms with E-state index in [1.165, 1.54) is 10.9 Å². The molecule has 0 atom stereocenters.